The SMILES string of the molecule is CC1CCN(Cc2ccc(Cl)cc2N)CC1. The Bertz CT molecular complexity index is 357. The highest BCUT2D eigenvalue weighted by Crippen LogP contribution is 2.22. The van der Waals surface area contributed by atoms with Crippen LogP contribution in [0.3, 0.4) is 0 Å². The van der Waals surface area contributed by atoms with Gasteiger partial charge in [0.1, 0.15) is 0 Å². The van der Waals surface area contributed by atoms with Crippen LogP contribution in [0, 0.1) is 5.92 Å². The van der Waals surface area contributed by atoms with Crippen LogP contribution in [0.2, 0.25) is 5.02 Å². The average molecular weight is 239 g/mol. The van der Waals surface area contributed by atoms with E-state index in [1.165, 1.54) is 31.5 Å². The fraction of sp³-hybridized carbons (Fsp3) is 0.538. The molecular weight excluding hydrogens is 220 g/mol. The molecule has 1 aliphatic rings. The number of nitrogens with zero attached hydrogens (tertiary/aromatic N) is 1. The van der Waals surface area contributed by atoms with E-state index >= 15 is 0 Å². The molecule has 0 saturated carbocycles. The highest BCUT2D eigenvalue weighted by Gasteiger charge is 2.16. The molecular formula is C13H19ClN2. The summed E-state index contributed by atoms with van der Waals surface area (Å²) in [4.78, 5) is 2.47. The Morgan fingerprint density at radius 2 is 2.06 bits per heavy atom. The third-order valence-electron chi connectivity index (χ3n) is 3.38. The van der Waals surface area contributed by atoms with Crippen LogP contribution in [0.25, 0.3) is 0 Å². The summed E-state index contributed by atoms with van der Waals surface area (Å²) < 4.78 is 0. The Balaban J connectivity index is 1.98. The maximum absolute atomic E-state index is 5.95. The maximum atomic E-state index is 5.95. The average Bonchev–Trinajstić information content (AvgIpc) is 2.25. The predicted octanol–water partition coefficient (Wildman–Crippen LogP) is 3.15. The summed E-state index contributed by atoms with van der Waals surface area (Å²) >= 11 is 5.89. The van der Waals surface area contributed by atoms with Crippen molar-refractivity contribution in [1.29, 1.82) is 0 Å². The Kier molecular flexibility index (Phi) is 3.72. The van der Waals surface area contributed by atoms with E-state index in [2.05, 4.69) is 11.8 Å². The van der Waals surface area contributed by atoms with Gasteiger partial charge in [-0.2, -0.15) is 0 Å². The molecule has 1 fully saturated rings. The molecule has 88 valence electrons. The van der Waals surface area contributed by atoms with Gasteiger partial charge in [0.25, 0.3) is 0 Å². The molecule has 0 unspecified atom stereocenters. The smallest absolute Gasteiger partial charge is 0.0426 e. The zero-order chi connectivity index (χ0) is 11.5. The van der Waals surface area contributed by atoms with E-state index in [1.54, 1.807) is 0 Å². The molecule has 2 N–H and O–H groups in total. The molecule has 1 aliphatic heterocycles. The molecule has 16 heavy (non-hydrogen) atoms. The first kappa shape index (κ1) is 11.7. The van der Waals surface area contributed by atoms with Gasteiger partial charge in [-0.1, -0.05) is 24.6 Å². The van der Waals surface area contributed by atoms with Gasteiger partial charge in [0.05, 0.1) is 0 Å². The van der Waals surface area contributed by atoms with Crippen molar-refractivity contribution >= 4 is 17.3 Å². The van der Waals surface area contributed by atoms with E-state index in [0.29, 0.717) is 5.02 Å². The Morgan fingerprint density at radius 3 is 2.69 bits per heavy atom. The molecule has 0 atom stereocenters. The lowest BCUT2D eigenvalue weighted by Gasteiger charge is -2.30. The lowest BCUT2D eigenvalue weighted by Crippen LogP contribution is -2.32. The summed E-state index contributed by atoms with van der Waals surface area (Å²) in [6.45, 7) is 5.65. The maximum Gasteiger partial charge on any atom is 0.0426 e. The largest absolute Gasteiger partial charge is 0.398 e. The van der Waals surface area contributed by atoms with Crippen LogP contribution in [-0.4, -0.2) is 18.0 Å². The van der Waals surface area contributed by atoms with Gasteiger partial charge in [0, 0.05) is 17.3 Å². The van der Waals surface area contributed by atoms with Crippen molar-refractivity contribution in [1.82, 2.24) is 4.90 Å². The molecule has 0 bridgehead atoms. The van der Waals surface area contributed by atoms with E-state index in [9.17, 15) is 0 Å². The predicted molar refractivity (Wildman–Crippen MR) is 69.5 cm³/mol. The van der Waals surface area contributed by atoms with Crippen LogP contribution in [0.1, 0.15) is 25.3 Å². The number of benzene rings is 1. The molecule has 0 amide bonds. The number of anilines is 1. The van der Waals surface area contributed by atoms with Crippen LogP contribution in [-0.2, 0) is 6.54 Å². The van der Waals surface area contributed by atoms with Crippen LogP contribution in [0.4, 0.5) is 5.69 Å². The van der Waals surface area contributed by atoms with Crippen molar-refractivity contribution in [2.24, 2.45) is 5.92 Å². The van der Waals surface area contributed by atoms with Gasteiger partial charge in [-0.15, -0.1) is 0 Å². The first-order valence-electron chi connectivity index (χ1n) is 5.91. The van der Waals surface area contributed by atoms with Gasteiger partial charge >= 0.3 is 0 Å². The zero-order valence-corrected chi connectivity index (χ0v) is 10.5. The van der Waals surface area contributed by atoms with Crippen molar-refractivity contribution in [3.8, 4) is 0 Å². The molecule has 1 heterocycles. The highest BCUT2D eigenvalue weighted by atomic mass is 35.5. The van der Waals surface area contributed by atoms with Crippen LogP contribution in [0.15, 0.2) is 18.2 Å². The van der Waals surface area contributed by atoms with Gasteiger partial charge in [-0.05, 0) is 49.5 Å². The first-order valence-corrected chi connectivity index (χ1v) is 6.29. The summed E-state index contributed by atoms with van der Waals surface area (Å²) in [6.07, 6.45) is 2.60. The fourth-order valence-electron chi connectivity index (χ4n) is 2.17. The molecule has 2 nitrogen and oxygen atoms in total. The summed E-state index contributed by atoms with van der Waals surface area (Å²) in [5, 5.41) is 0.716. The standard InChI is InChI=1S/C13H19ClN2/c1-10-4-6-16(7-5-10)9-11-2-3-12(14)8-13(11)15/h2-3,8,10H,4-7,9,15H2,1H3. The van der Waals surface area contributed by atoms with Gasteiger partial charge in [0.15, 0.2) is 0 Å². The Labute approximate surface area is 102 Å². The van der Waals surface area contributed by atoms with Gasteiger partial charge in [-0.3, -0.25) is 4.90 Å². The Morgan fingerprint density at radius 1 is 1.38 bits per heavy atom. The molecule has 2 rings (SSSR count). The molecule has 0 radical (unpaired) electrons. The number of likely N-dealkylation sites (tertiary alicyclic amines) is 1. The second kappa shape index (κ2) is 5.07. The number of hydrogen-bond acceptors (Lipinski definition) is 2. The number of piperidine rings is 1. The molecule has 3 heteroatoms. The number of halogens is 1. The highest BCUT2D eigenvalue weighted by molar-refractivity contribution is 6.30. The molecule has 0 spiro atoms. The first-order chi connectivity index (χ1) is 7.65. The molecule has 0 aliphatic carbocycles. The summed E-state index contributed by atoms with van der Waals surface area (Å²) in [7, 11) is 0. The zero-order valence-electron chi connectivity index (χ0n) is 9.75. The summed E-state index contributed by atoms with van der Waals surface area (Å²) in [6, 6.07) is 5.79. The van der Waals surface area contributed by atoms with Crippen LogP contribution >= 0.6 is 11.6 Å². The second-order valence-corrected chi connectivity index (χ2v) is 5.24. The normalized spacial score (nSPS) is 18.9. The minimum absolute atomic E-state index is 0.716. The number of nitrogen functional groups attached to an aromatic ring is 1. The summed E-state index contributed by atoms with van der Waals surface area (Å²) in [5.41, 5.74) is 7.96. The number of hydrogen-bond donors (Lipinski definition) is 1. The lowest BCUT2D eigenvalue weighted by molar-refractivity contribution is 0.185. The molecule has 1 aromatic carbocycles. The van der Waals surface area contributed by atoms with Gasteiger partial charge < -0.3 is 5.73 Å². The van der Waals surface area contributed by atoms with E-state index in [4.69, 9.17) is 17.3 Å². The van der Waals surface area contributed by atoms with E-state index in [-0.39, 0.29) is 0 Å². The summed E-state index contributed by atoms with van der Waals surface area (Å²) in [5.74, 6) is 0.874. The van der Waals surface area contributed by atoms with Gasteiger partial charge in [0.2, 0.25) is 0 Å². The lowest BCUT2D eigenvalue weighted by atomic mass is 9.99. The van der Waals surface area contributed by atoms with E-state index in [0.717, 1.165) is 18.2 Å². The topological polar surface area (TPSA) is 29.3 Å². The van der Waals surface area contributed by atoms with Crippen molar-refractivity contribution in [2.75, 3.05) is 18.8 Å². The van der Waals surface area contributed by atoms with Crippen molar-refractivity contribution in [2.45, 2.75) is 26.3 Å². The molecule has 1 aromatic rings. The molecule has 0 aromatic heterocycles. The van der Waals surface area contributed by atoms with Gasteiger partial charge in [-0.25, -0.2) is 0 Å². The van der Waals surface area contributed by atoms with Crippen LogP contribution in [0.5, 0.6) is 0 Å². The van der Waals surface area contributed by atoms with Crippen molar-refractivity contribution in [3.63, 3.8) is 0 Å². The van der Waals surface area contributed by atoms with Crippen molar-refractivity contribution < 1.29 is 0 Å². The third-order valence-corrected chi connectivity index (χ3v) is 3.61. The van der Waals surface area contributed by atoms with E-state index in [1.807, 2.05) is 18.2 Å². The minimum Gasteiger partial charge on any atom is -0.398 e. The monoisotopic (exact) mass is 238 g/mol. The number of nitrogens with two attached hydrogens (primary N) is 1. The Hall–Kier alpha value is -0.730. The van der Waals surface area contributed by atoms with Crippen molar-refractivity contribution in [3.05, 3.63) is 28.8 Å². The molecule has 1 saturated heterocycles. The second-order valence-electron chi connectivity index (χ2n) is 4.80. The quantitative estimate of drug-likeness (QED) is 0.802. The fourth-order valence-corrected chi connectivity index (χ4v) is 2.35. The third kappa shape index (κ3) is 2.89. The minimum atomic E-state index is 0.716. The van der Waals surface area contributed by atoms with Crippen LogP contribution < -0.4 is 5.73 Å². The van der Waals surface area contributed by atoms with E-state index < -0.39 is 0 Å². The number of rotatable bonds is 2.